The molecule has 10 nitrogen and oxygen atoms in total. The van der Waals surface area contributed by atoms with Gasteiger partial charge in [-0.05, 0) is 12.8 Å². The second-order valence-electron chi connectivity index (χ2n) is 6.42. The Hall–Kier alpha value is -3.69. The van der Waals surface area contributed by atoms with E-state index in [-0.39, 0.29) is 24.3 Å². The Kier molecular flexibility index (Phi) is 5.12. The molecule has 3 rings (SSSR count). The fourth-order valence-corrected chi connectivity index (χ4v) is 2.99. The van der Waals surface area contributed by atoms with E-state index in [0.29, 0.717) is 35.4 Å². The summed E-state index contributed by atoms with van der Waals surface area (Å²) in [5.41, 5.74) is 6.09. The standard InChI is InChI=1S/C18H20N6O4/c1-23-15(11-7-5-10(6-8-11)14(19)20)21-13-16(23)22-18(28)24(17(13)27)9-3-2-4-12(25)26/h5-8H,2-4,9H2,1H3,(H3,19,20)(H,22,28)(H,25,26). The van der Waals surface area contributed by atoms with E-state index in [9.17, 15) is 14.4 Å². The van der Waals surface area contributed by atoms with Gasteiger partial charge in [-0.2, -0.15) is 0 Å². The third-order valence-corrected chi connectivity index (χ3v) is 4.49. The number of hydrogen-bond donors (Lipinski definition) is 4. The van der Waals surface area contributed by atoms with Crippen LogP contribution in [-0.2, 0) is 18.4 Å². The van der Waals surface area contributed by atoms with E-state index in [2.05, 4.69) is 9.97 Å². The molecular formula is C18H20N6O4. The molecule has 0 amide bonds. The van der Waals surface area contributed by atoms with Crippen molar-refractivity contribution < 1.29 is 9.90 Å². The van der Waals surface area contributed by atoms with Crippen molar-refractivity contribution in [3.8, 4) is 11.4 Å². The molecule has 10 heteroatoms. The molecule has 0 radical (unpaired) electrons. The van der Waals surface area contributed by atoms with Crippen molar-refractivity contribution >= 4 is 23.0 Å². The average molecular weight is 384 g/mol. The van der Waals surface area contributed by atoms with Crippen molar-refractivity contribution in [1.82, 2.24) is 19.1 Å². The van der Waals surface area contributed by atoms with Crippen molar-refractivity contribution in [3.05, 3.63) is 50.7 Å². The maximum absolute atomic E-state index is 12.7. The number of nitrogen functional groups attached to an aromatic ring is 1. The van der Waals surface area contributed by atoms with Gasteiger partial charge in [0.15, 0.2) is 5.52 Å². The Labute approximate surface area is 158 Å². The molecule has 0 spiro atoms. The van der Waals surface area contributed by atoms with Crippen LogP contribution in [0.3, 0.4) is 0 Å². The van der Waals surface area contributed by atoms with Gasteiger partial charge in [0.05, 0.1) is 0 Å². The highest BCUT2D eigenvalue weighted by Crippen LogP contribution is 2.21. The average Bonchev–Trinajstić information content (AvgIpc) is 2.97. The summed E-state index contributed by atoms with van der Waals surface area (Å²) in [4.78, 5) is 42.7. The van der Waals surface area contributed by atoms with Crippen molar-refractivity contribution in [2.45, 2.75) is 25.8 Å². The summed E-state index contributed by atoms with van der Waals surface area (Å²) in [6, 6.07) is 6.84. The molecule has 3 aromatic rings. The molecule has 2 aromatic heterocycles. The number of imidazole rings is 1. The molecule has 0 saturated heterocycles. The van der Waals surface area contributed by atoms with Gasteiger partial charge in [0.1, 0.15) is 17.3 Å². The number of benzene rings is 1. The number of aromatic nitrogens is 4. The molecule has 0 bridgehead atoms. The minimum Gasteiger partial charge on any atom is -0.481 e. The zero-order chi connectivity index (χ0) is 20.4. The predicted molar refractivity (Wildman–Crippen MR) is 104 cm³/mol. The van der Waals surface area contributed by atoms with Crippen LogP contribution in [0.5, 0.6) is 0 Å². The summed E-state index contributed by atoms with van der Waals surface area (Å²) in [5, 5.41) is 16.1. The van der Waals surface area contributed by atoms with Crippen LogP contribution in [0.2, 0.25) is 0 Å². The second-order valence-corrected chi connectivity index (χ2v) is 6.42. The van der Waals surface area contributed by atoms with Gasteiger partial charge in [0.2, 0.25) is 0 Å². The van der Waals surface area contributed by atoms with Gasteiger partial charge >= 0.3 is 11.7 Å². The number of aryl methyl sites for hydroxylation is 1. The van der Waals surface area contributed by atoms with Gasteiger partial charge in [-0.3, -0.25) is 24.5 Å². The number of nitrogens with zero attached hydrogens (tertiary/aromatic N) is 3. The van der Waals surface area contributed by atoms with E-state index in [4.69, 9.17) is 16.2 Å². The van der Waals surface area contributed by atoms with Crippen LogP contribution >= 0.6 is 0 Å². The van der Waals surface area contributed by atoms with Gasteiger partial charge in [-0.25, -0.2) is 9.78 Å². The van der Waals surface area contributed by atoms with E-state index in [1.807, 2.05) is 0 Å². The Morgan fingerprint density at radius 1 is 1.25 bits per heavy atom. The molecule has 28 heavy (non-hydrogen) atoms. The van der Waals surface area contributed by atoms with E-state index >= 15 is 0 Å². The zero-order valence-electron chi connectivity index (χ0n) is 15.2. The van der Waals surface area contributed by atoms with E-state index in [0.717, 1.165) is 4.57 Å². The first-order chi connectivity index (χ1) is 13.3. The highest BCUT2D eigenvalue weighted by molar-refractivity contribution is 5.95. The first-order valence-corrected chi connectivity index (χ1v) is 8.65. The number of aromatic amines is 1. The monoisotopic (exact) mass is 384 g/mol. The Morgan fingerprint density at radius 3 is 2.54 bits per heavy atom. The lowest BCUT2D eigenvalue weighted by Crippen LogP contribution is -2.35. The molecule has 0 saturated carbocycles. The fraction of sp³-hybridized carbons (Fsp3) is 0.278. The number of aliphatic carboxylic acids is 1. The van der Waals surface area contributed by atoms with Crippen molar-refractivity contribution in [2.75, 3.05) is 0 Å². The number of amidine groups is 1. The highest BCUT2D eigenvalue weighted by atomic mass is 16.4. The molecule has 0 unspecified atom stereocenters. The number of nitrogens with one attached hydrogen (secondary N) is 2. The van der Waals surface area contributed by atoms with Crippen LogP contribution in [0.25, 0.3) is 22.6 Å². The van der Waals surface area contributed by atoms with E-state index < -0.39 is 17.2 Å². The molecule has 5 N–H and O–H groups in total. The summed E-state index contributed by atoms with van der Waals surface area (Å²) in [5.74, 6) is -0.477. The van der Waals surface area contributed by atoms with Crippen LogP contribution in [0.4, 0.5) is 0 Å². The quantitative estimate of drug-likeness (QED) is 0.265. The van der Waals surface area contributed by atoms with Crippen LogP contribution in [0.1, 0.15) is 24.8 Å². The van der Waals surface area contributed by atoms with Gasteiger partial charge in [-0.1, -0.05) is 24.3 Å². The maximum Gasteiger partial charge on any atom is 0.330 e. The second kappa shape index (κ2) is 7.51. The molecule has 0 aliphatic carbocycles. The molecule has 1 aromatic carbocycles. The lowest BCUT2D eigenvalue weighted by atomic mass is 10.1. The predicted octanol–water partition coefficient (Wildman–Crippen LogP) is 0.629. The summed E-state index contributed by atoms with van der Waals surface area (Å²) >= 11 is 0. The van der Waals surface area contributed by atoms with Gasteiger partial charge in [0.25, 0.3) is 5.56 Å². The lowest BCUT2D eigenvalue weighted by molar-refractivity contribution is -0.137. The van der Waals surface area contributed by atoms with Crippen LogP contribution in [0, 0.1) is 5.41 Å². The number of rotatable bonds is 7. The number of hydrogen-bond acceptors (Lipinski definition) is 5. The Balaban J connectivity index is 1.99. The SMILES string of the molecule is Cn1c(-c2ccc(C(=N)N)cc2)nc2c(=O)n(CCCCC(=O)O)c(=O)[nH]c21. The smallest absolute Gasteiger partial charge is 0.330 e. The van der Waals surface area contributed by atoms with E-state index in [1.54, 1.807) is 35.9 Å². The van der Waals surface area contributed by atoms with Crippen molar-refractivity contribution in [2.24, 2.45) is 12.8 Å². The molecule has 0 fully saturated rings. The largest absolute Gasteiger partial charge is 0.481 e. The van der Waals surface area contributed by atoms with Gasteiger partial charge in [-0.15, -0.1) is 0 Å². The number of carboxylic acids is 1. The normalized spacial score (nSPS) is 11.0. The third kappa shape index (κ3) is 3.56. The van der Waals surface area contributed by atoms with Crippen LogP contribution in [0.15, 0.2) is 33.9 Å². The summed E-state index contributed by atoms with van der Waals surface area (Å²) < 4.78 is 2.66. The number of H-pyrrole nitrogens is 1. The molecule has 0 aliphatic heterocycles. The maximum atomic E-state index is 12.7. The van der Waals surface area contributed by atoms with Gasteiger partial charge in [0, 0.05) is 31.1 Å². The van der Waals surface area contributed by atoms with Crippen LogP contribution in [-0.4, -0.2) is 36.0 Å². The first kappa shape index (κ1) is 19.1. The first-order valence-electron chi connectivity index (χ1n) is 8.65. The molecule has 0 atom stereocenters. The molecule has 2 heterocycles. The molecule has 0 aliphatic rings. The number of unbranched alkanes of at least 4 members (excludes halogenated alkanes) is 1. The number of carbonyl (C=O) groups is 1. The fourth-order valence-electron chi connectivity index (χ4n) is 2.99. The summed E-state index contributed by atoms with van der Waals surface area (Å²) in [7, 11) is 1.69. The van der Waals surface area contributed by atoms with Crippen LogP contribution < -0.4 is 17.0 Å². The van der Waals surface area contributed by atoms with Gasteiger partial charge < -0.3 is 15.4 Å². The van der Waals surface area contributed by atoms with Crippen molar-refractivity contribution in [1.29, 1.82) is 5.41 Å². The number of carboxylic acid groups (broad SMARTS) is 1. The highest BCUT2D eigenvalue weighted by Gasteiger charge is 2.16. The molecular weight excluding hydrogens is 364 g/mol. The molecule has 146 valence electrons. The topological polar surface area (TPSA) is 160 Å². The Bertz CT molecular complexity index is 1170. The number of fused-ring (bicyclic) bond motifs is 1. The summed E-state index contributed by atoms with van der Waals surface area (Å²) in [6.07, 6.45) is 0.751. The minimum atomic E-state index is -0.915. The Morgan fingerprint density at radius 2 is 1.93 bits per heavy atom. The zero-order valence-corrected chi connectivity index (χ0v) is 15.2. The van der Waals surface area contributed by atoms with E-state index in [1.165, 1.54) is 0 Å². The minimum absolute atomic E-state index is 0.0150. The van der Waals surface area contributed by atoms with Crippen molar-refractivity contribution in [3.63, 3.8) is 0 Å². The number of nitrogens with two attached hydrogens (primary N) is 1. The lowest BCUT2D eigenvalue weighted by Gasteiger charge is -2.05. The third-order valence-electron chi connectivity index (χ3n) is 4.49. The summed E-state index contributed by atoms with van der Waals surface area (Å²) in [6.45, 7) is 0.122.